The molecule has 1 aliphatic rings. The maximum Gasteiger partial charge on any atom is 0.115 e. The molecule has 3 nitrogen and oxygen atoms in total. The highest BCUT2D eigenvalue weighted by atomic mass is 15.0. The predicted octanol–water partition coefficient (Wildman–Crippen LogP) is 1.63. The first-order valence-electron chi connectivity index (χ1n) is 4.95. The Morgan fingerprint density at radius 2 is 2.21 bits per heavy atom. The van der Waals surface area contributed by atoms with Crippen molar-refractivity contribution in [2.75, 3.05) is 6.54 Å². The van der Waals surface area contributed by atoms with Crippen LogP contribution in [0.3, 0.4) is 0 Å². The summed E-state index contributed by atoms with van der Waals surface area (Å²) in [6.07, 6.45) is 11.8. The second-order valence-electron chi connectivity index (χ2n) is 4.02. The Morgan fingerprint density at radius 3 is 2.79 bits per heavy atom. The summed E-state index contributed by atoms with van der Waals surface area (Å²) in [5.41, 5.74) is 1.39. The van der Waals surface area contributed by atoms with Gasteiger partial charge in [0.15, 0.2) is 0 Å². The van der Waals surface area contributed by atoms with Crippen LogP contribution >= 0.6 is 0 Å². The summed E-state index contributed by atoms with van der Waals surface area (Å²) >= 11 is 0. The van der Waals surface area contributed by atoms with E-state index in [0.29, 0.717) is 5.54 Å². The van der Waals surface area contributed by atoms with E-state index < -0.39 is 0 Å². The van der Waals surface area contributed by atoms with Gasteiger partial charge in [0.2, 0.25) is 0 Å². The summed E-state index contributed by atoms with van der Waals surface area (Å²) in [5.74, 6) is 0. The predicted molar refractivity (Wildman–Crippen MR) is 56.7 cm³/mol. The number of hydrogen-bond acceptors (Lipinski definition) is 3. The summed E-state index contributed by atoms with van der Waals surface area (Å²) in [6.45, 7) is 3.40. The monoisotopic (exact) mass is 189 g/mol. The van der Waals surface area contributed by atoms with Crippen molar-refractivity contribution < 1.29 is 0 Å². The third-order valence-corrected chi connectivity index (χ3v) is 2.69. The van der Waals surface area contributed by atoms with E-state index in [0.717, 1.165) is 18.5 Å². The van der Waals surface area contributed by atoms with Crippen LogP contribution in [0.2, 0.25) is 0 Å². The highest BCUT2D eigenvalue weighted by molar-refractivity contribution is 5.46. The van der Waals surface area contributed by atoms with Crippen LogP contribution in [0.4, 0.5) is 0 Å². The van der Waals surface area contributed by atoms with Gasteiger partial charge in [-0.3, -0.25) is 0 Å². The first kappa shape index (κ1) is 9.34. The molecular formula is C11H15N3. The Kier molecular flexibility index (Phi) is 2.59. The van der Waals surface area contributed by atoms with Gasteiger partial charge in [0, 0.05) is 23.5 Å². The van der Waals surface area contributed by atoms with E-state index in [4.69, 9.17) is 0 Å². The van der Waals surface area contributed by atoms with Crippen LogP contribution in [0.25, 0.3) is 6.08 Å². The normalized spacial score (nSPS) is 26.4. The summed E-state index contributed by atoms with van der Waals surface area (Å²) < 4.78 is 0. The molecule has 14 heavy (non-hydrogen) atoms. The summed E-state index contributed by atoms with van der Waals surface area (Å²) in [6, 6.07) is 0. The van der Waals surface area contributed by atoms with E-state index >= 15 is 0 Å². The van der Waals surface area contributed by atoms with Crippen LogP contribution in [-0.2, 0) is 0 Å². The smallest absolute Gasteiger partial charge is 0.115 e. The number of nitrogens with one attached hydrogen (secondary N) is 1. The van der Waals surface area contributed by atoms with Gasteiger partial charge in [-0.25, -0.2) is 9.97 Å². The molecule has 74 valence electrons. The Balaban J connectivity index is 1.88. The molecular weight excluding hydrogens is 174 g/mol. The minimum atomic E-state index is 0.326. The number of aromatic nitrogens is 2. The van der Waals surface area contributed by atoms with Crippen molar-refractivity contribution in [2.45, 2.75) is 25.3 Å². The third-order valence-electron chi connectivity index (χ3n) is 2.69. The average Bonchev–Trinajstić information content (AvgIpc) is 2.17. The molecule has 0 aromatic carbocycles. The lowest BCUT2D eigenvalue weighted by molar-refractivity contribution is 0.236. The minimum absolute atomic E-state index is 0.326. The van der Waals surface area contributed by atoms with Crippen LogP contribution < -0.4 is 5.32 Å². The lowest BCUT2D eigenvalue weighted by Gasteiger charge is -2.39. The fraction of sp³-hybridized carbons (Fsp3) is 0.455. The summed E-state index contributed by atoms with van der Waals surface area (Å²) in [4.78, 5) is 7.91. The number of hydrogen-bond donors (Lipinski definition) is 1. The molecule has 1 unspecified atom stereocenters. The van der Waals surface area contributed by atoms with E-state index in [1.54, 1.807) is 6.33 Å². The zero-order valence-corrected chi connectivity index (χ0v) is 8.40. The first-order chi connectivity index (χ1) is 6.79. The molecule has 0 bridgehead atoms. The Bertz CT molecular complexity index is 315. The molecule has 0 saturated carbocycles. The molecule has 1 aliphatic heterocycles. The maximum atomic E-state index is 3.96. The van der Waals surface area contributed by atoms with Crippen molar-refractivity contribution >= 4 is 6.08 Å². The Morgan fingerprint density at radius 1 is 1.50 bits per heavy atom. The minimum Gasteiger partial charge on any atom is -0.311 e. The molecule has 1 saturated heterocycles. The third kappa shape index (κ3) is 2.17. The Labute approximate surface area is 84.3 Å². The van der Waals surface area contributed by atoms with Gasteiger partial charge in [-0.1, -0.05) is 12.2 Å². The van der Waals surface area contributed by atoms with Crippen LogP contribution in [0.1, 0.15) is 25.3 Å². The largest absolute Gasteiger partial charge is 0.311 e. The van der Waals surface area contributed by atoms with E-state index in [-0.39, 0.29) is 0 Å². The fourth-order valence-electron chi connectivity index (χ4n) is 1.58. The zero-order valence-electron chi connectivity index (χ0n) is 8.40. The van der Waals surface area contributed by atoms with Crippen molar-refractivity contribution in [3.05, 3.63) is 30.4 Å². The van der Waals surface area contributed by atoms with Crippen LogP contribution in [0.15, 0.2) is 24.8 Å². The van der Waals surface area contributed by atoms with E-state index in [9.17, 15) is 0 Å². The Hall–Kier alpha value is -1.22. The zero-order chi connectivity index (χ0) is 9.86. The van der Waals surface area contributed by atoms with E-state index in [2.05, 4.69) is 34.4 Å². The van der Waals surface area contributed by atoms with Crippen LogP contribution in [0.5, 0.6) is 0 Å². The molecule has 1 aromatic heterocycles. The van der Waals surface area contributed by atoms with Crippen molar-refractivity contribution in [3.8, 4) is 0 Å². The van der Waals surface area contributed by atoms with Crippen LogP contribution in [0, 0.1) is 0 Å². The van der Waals surface area contributed by atoms with Crippen molar-refractivity contribution in [2.24, 2.45) is 0 Å². The maximum absolute atomic E-state index is 3.96. The van der Waals surface area contributed by atoms with Crippen LogP contribution in [-0.4, -0.2) is 22.1 Å². The average molecular weight is 189 g/mol. The molecule has 1 fully saturated rings. The molecule has 3 heteroatoms. The standard InChI is InChI=1S/C11H15N3/c1-11(5-6-14-11)4-2-3-10-7-12-9-13-8-10/h2-3,7-9,14H,4-6H2,1H3. The highest BCUT2D eigenvalue weighted by Crippen LogP contribution is 2.22. The molecule has 0 radical (unpaired) electrons. The van der Waals surface area contributed by atoms with Crippen molar-refractivity contribution in [3.63, 3.8) is 0 Å². The highest BCUT2D eigenvalue weighted by Gasteiger charge is 2.28. The van der Waals surface area contributed by atoms with Gasteiger partial charge in [0.05, 0.1) is 0 Å². The van der Waals surface area contributed by atoms with E-state index in [1.807, 2.05) is 12.4 Å². The molecule has 0 spiro atoms. The summed E-state index contributed by atoms with van der Waals surface area (Å²) in [5, 5.41) is 3.43. The fourth-order valence-corrected chi connectivity index (χ4v) is 1.58. The van der Waals surface area contributed by atoms with Gasteiger partial charge in [0.25, 0.3) is 0 Å². The molecule has 2 heterocycles. The number of rotatable bonds is 3. The molecule has 1 atom stereocenters. The van der Waals surface area contributed by atoms with Gasteiger partial charge >= 0.3 is 0 Å². The molecule has 0 aliphatic carbocycles. The van der Waals surface area contributed by atoms with Gasteiger partial charge in [0.1, 0.15) is 6.33 Å². The van der Waals surface area contributed by atoms with E-state index in [1.165, 1.54) is 6.42 Å². The van der Waals surface area contributed by atoms with Gasteiger partial charge < -0.3 is 5.32 Å². The lowest BCUT2D eigenvalue weighted by Crippen LogP contribution is -2.54. The lowest BCUT2D eigenvalue weighted by atomic mass is 9.87. The molecule has 1 aromatic rings. The van der Waals surface area contributed by atoms with Crippen molar-refractivity contribution in [1.82, 2.24) is 15.3 Å². The second-order valence-corrected chi connectivity index (χ2v) is 4.02. The van der Waals surface area contributed by atoms with Gasteiger partial charge in [-0.15, -0.1) is 0 Å². The molecule has 2 rings (SSSR count). The van der Waals surface area contributed by atoms with Gasteiger partial charge in [-0.05, 0) is 26.3 Å². The quantitative estimate of drug-likeness (QED) is 0.785. The molecule has 0 amide bonds. The topological polar surface area (TPSA) is 37.8 Å². The number of nitrogens with zero attached hydrogens (tertiary/aromatic N) is 2. The first-order valence-corrected chi connectivity index (χ1v) is 4.95. The van der Waals surface area contributed by atoms with Crippen molar-refractivity contribution in [1.29, 1.82) is 0 Å². The second kappa shape index (κ2) is 3.88. The molecule has 1 N–H and O–H groups in total. The SMILES string of the molecule is CC1(CC=Cc2cncnc2)CCN1. The van der Waals surface area contributed by atoms with Gasteiger partial charge in [-0.2, -0.15) is 0 Å². The summed E-state index contributed by atoms with van der Waals surface area (Å²) in [7, 11) is 0.